The topological polar surface area (TPSA) is 74.7 Å². The van der Waals surface area contributed by atoms with E-state index in [0.717, 1.165) is 0 Å². The smallest absolute Gasteiger partial charge is 0.421 e. The van der Waals surface area contributed by atoms with Crippen LogP contribution in [-0.2, 0) is 9.59 Å². The number of terminal acetylenes is 1. The van der Waals surface area contributed by atoms with E-state index in [2.05, 4.69) is 5.92 Å². The minimum atomic E-state index is -1.53. The minimum absolute atomic E-state index is 0.0413. The second kappa shape index (κ2) is 4.94. The Kier molecular flexibility index (Phi) is 3.34. The number of carbonyl (C=O) groups excluding carboxylic acids is 2. The van der Waals surface area contributed by atoms with Crippen molar-refractivity contribution in [3.8, 4) is 12.3 Å². The third kappa shape index (κ3) is 2.33. The summed E-state index contributed by atoms with van der Waals surface area (Å²) < 4.78 is 0. The lowest BCUT2D eigenvalue weighted by Crippen LogP contribution is -2.47. The fourth-order valence-corrected chi connectivity index (χ4v) is 2.10. The molecule has 3 amide bonds. The Balaban J connectivity index is 2.30. The number of piperidine rings is 1. The van der Waals surface area contributed by atoms with E-state index in [1.54, 1.807) is 24.3 Å². The van der Waals surface area contributed by atoms with Gasteiger partial charge in [0.15, 0.2) is 0 Å². The van der Waals surface area contributed by atoms with Crippen LogP contribution in [0.5, 0.6) is 0 Å². The molecule has 5 heteroatoms. The molecule has 1 aliphatic rings. The summed E-state index contributed by atoms with van der Waals surface area (Å²) in [5, 5.41) is 8.88. The second-order valence-corrected chi connectivity index (χ2v) is 4.21. The number of hydrogen-bond acceptors (Lipinski definition) is 3. The van der Waals surface area contributed by atoms with E-state index < -0.39 is 23.8 Å². The molecule has 96 valence electrons. The van der Waals surface area contributed by atoms with Gasteiger partial charge in [0.2, 0.25) is 11.8 Å². The quantitative estimate of drug-likeness (QED) is 0.612. The Morgan fingerprint density at radius 2 is 1.95 bits per heavy atom. The summed E-state index contributed by atoms with van der Waals surface area (Å²) in [5.74, 6) is 0.479. The Bertz CT molecular complexity index is 582. The first kappa shape index (κ1) is 12.8. The van der Waals surface area contributed by atoms with Crippen LogP contribution in [0.3, 0.4) is 0 Å². The molecule has 1 fully saturated rings. The Morgan fingerprint density at radius 3 is 2.47 bits per heavy atom. The highest BCUT2D eigenvalue weighted by molar-refractivity contribution is 6.11. The van der Waals surface area contributed by atoms with Crippen LogP contribution in [0, 0.1) is 12.3 Å². The maximum absolute atomic E-state index is 12.0. The fraction of sp³-hybridized carbons (Fsp3) is 0.214. The summed E-state index contributed by atoms with van der Waals surface area (Å²) in [6.45, 7) is 0. The fourth-order valence-electron chi connectivity index (χ4n) is 2.10. The molecule has 0 aromatic heterocycles. The number of amides is 3. The molecule has 2 rings (SSSR count). The predicted molar refractivity (Wildman–Crippen MR) is 66.2 cm³/mol. The SMILES string of the molecule is C#Cc1ccc(C2CCC(=O)N(C(=O)O)C2=O)cc1. The van der Waals surface area contributed by atoms with Gasteiger partial charge >= 0.3 is 6.09 Å². The lowest BCUT2D eigenvalue weighted by atomic mass is 9.89. The highest BCUT2D eigenvalue weighted by atomic mass is 16.4. The molecule has 1 N–H and O–H groups in total. The molecule has 1 atom stereocenters. The van der Waals surface area contributed by atoms with E-state index in [4.69, 9.17) is 11.5 Å². The number of hydrogen-bond donors (Lipinski definition) is 1. The van der Waals surface area contributed by atoms with Gasteiger partial charge in [-0.15, -0.1) is 6.42 Å². The van der Waals surface area contributed by atoms with Gasteiger partial charge in [-0.3, -0.25) is 9.59 Å². The van der Waals surface area contributed by atoms with Gasteiger partial charge in [0.1, 0.15) is 0 Å². The van der Waals surface area contributed by atoms with Crippen molar-refractivity contribution < 1.29 is 19.5 Å². The molecule has 1 heterocycles. The van der Waals surface area contributed by atoms with Crippen molar-refractivity contribution in [3.05, 3.63) is 35.4 Å². The number of imide groups is 3. The van der Waals surface area contributed by atoms with Crippen LogP contribution in [0.25, 0.3) is 0 Å². The van der Waals surface area contributed by atoms with Crippen molar-refractivity contribution in [2.24, 2.45) is 0 Å². The van der Waals surface area contributed by atoms with Crippen LogP contribution in [0.2, 0.25) is 0 Å². The van der Waals surface area contributed by atoms with Gasteiger partial charge in [0.05, 0.1) is 5.92 Å². The zero-order chi connectivity index (χ0) is 14.0. The molecule has 0 radical (unpaired) electrons. The highest BCUT2D eigenvalue weighted by Gasteiger charge is 2.39. The number of carboxylic acid groups (broad SMARTS) is 1. The molecular formula is C14H11NO4. The first-order chi connectivity index (χ1) is 9.04. The molecule has 1 unspecified atom stereocenters. The van der Waals surface area contributed by atoms with Crippen LogP contribution in [-0.4, -0.2) is 27.9 Å². The van der Waals surface area contributed by atoms with Crippen LogP contribution >= 0.6 is 0 Å². The van der Waals surface area contributed by atoms with E-state index >= 15 is 0 Å². The first-order valence-electron chi connectivity index (χ1n) is 5.71. The largest absolute Gasteiger partial charge is 0.464 e. The zero-order valence-electron chi connectivity index (χ0n) is 10.00. The van der Waals surface area contributed by atoms with Gasteiger partial charge in [-0.05, 0) is 24.1 Å². The molecule has 0 spiro atoms. The predicted octanol–water partition coefficient (Wildman–Crippen LogP) is 1.58. The molecule has 1 aromatic rings. The van der Waals surface area contributed by atoms with Gasteiger partial charge in [-0.2, -0.15) is 4.90 Å². The minimum Gasteiger partial charge on any atom is -0.464 e. The summed E-state index contributed by atoms with van der Waals surface area (Å²) >= 11 is 0. The molecule has 1 aliphatic heterocycles. The maximum atomic E-state index is 12.0. The number of rotatable bonds is 1. The van der Waals surface area contributed by atoms with Crippen molar-refractivity contribution in [3.63, 3.8) is 0 Å². The zero-order valence-corrected chi connectivity index (χ0v) is 10.00. The molecule has 1 aromatic carbocycles. The number of likely N-dealkylation sites (tertiary alicyclic amines) is 1. The summed E-state index contributed by atoms with van der Waals surface area (Å²) in [6, 6.07) is 6.75. The summed E-state index contributed by atoms with van der Waals surface area (Å²) in [7, 11) is 0. The summed E-state index contributed by atoms with van der Waals surface area (Å²) in [4.78, 5) is 34.6. The third-order valence-electron chi connectivity index (χ3n) is 3.09. The molecule has 1 saturated heterocycles. The van der Waals surface area contributed by atoms with E-state index in [0.29, 0.717) is 22.4 Å². The first-order valence-corrected chi connectivity index (χ1v) is 5.71. The van der Waals surface area contributed by atoms with Gasteiger partial charge in [0, 0.05) is 12.0 Å². The molecule has 0 aliphatic carbocycles. The Labute approximate surface area is 109 Å². The standard InChI is InChI=1S/C14H11NO4/c1-2-9-3-5-10(6-4-9)11-7-8-12(16)15(13(11)17)14(18)19/h1,3-6,11H,7-8H2,(H,18,19). The number of benzene rings is 1. The number of nitrogens with zero attached hydrogens (tertiary/aromatic N) is 1. The lowest BCUT2D eigenvalue weighted by Gasteiger charge is -2.27. The van der Waals surface area contributed by atoms with Gasteiger partial charge in [0.25, 0.3) is 0 Å². The van der Waals surface area contributed by atoms with Crippen molar-refractivity contribution >= 4 is 17.9 Å². The van der Waals surface area contributed by atoms with Crippen molar-refractivity contribution in [1.82, 2.24) is 4.90 Å². The second-order valence-electron chi connectivity index (χ2n) is 4.21. The molecule has 0 saturated carbocycles. The summed E-state index contributed by atoms with van der Waals surface area (Å²) in [6.07, 6.45) is 4.07. The van der Waals surface area contributed by atoms with Crippen molar-refractivity contribution in [2.45, 2.75) is 18.8 Å². The van der Waals surface area contributed by atoms with Crippen molar-refractivity contribution in [1.29, 1.82) is 0 Å². The van der Waals surface area contributed by atoms with Gasteiger partial charge in [-0.25, -0.2) is 4.79 Å². The van der Waals surface area contributed by atoms with Crippen LogP contribution < -0.4 is 0 Å². The summed E-state index contributed by atoms with van der Waals surface area (Å²) in [5.41, 5.74) is 1.35. The van der Waals surface area contributed by atoms with Gasteiger partial charge < -0.3 is 5.11 Å². The molecule has 0 bridgehead atoms. The van der Waals surface area contributed by atoms with Crippen LogP contribution in [0.1, 0.15) is 29.9 Å². The lowest BCUT2D eigenvalue weighted by molar-refractivity contribution is -0.146. The average molecular weight is 257 g/mol. The monoisotopic (exact) mass is 257 g/mol. The Hall–Kier alpha value is -2.61. The maximum Gasteiger partial charge on any atom is 0.421 e. The normalized spacial score (nSPS) is 19.1. The van der Waals surface area contributed by atoms with Crippen molar-refractivity contribution in [2.75, 3.05) is 0 Å². The van der Waals surface area contributed by atoms with E-state index in [1.807, 2.05) is 0 Å². The third-order valence-corrected chi connectivity index (χ3v) is 3.09. The van der Waals surface area contributed by atoms with E-state index in [1.165, 1.54) is 0 Å². The average Bonchev–Trinajstić information content (AvgIpc) is 2.39. The number of carbonyl (C=O) groups is 3. The van der Waals surface area contributed by atoms with Crippen LogP contribution in [0.15, 0.2) is 24.3 Å². The van der Waals surface area contributed by atoms with E-state index in [-0.39, 0.29) is 6.42 Å². The molecular weight excluding hydrogens is 246 g/mol. The highest BCUT2D eigenvalue weighted by Crippen LogP contribution is 2.29. The molecule has 19 heavy (non-hydrogen) atoms. The van der Waals surface area contributed by atoms with Crippen LogP contribution in [0.4, 0.5) is 4.79 Å². The van der Waals surface area contributed by atoms with E-state index in [9.17, 15) is 14.4 Å². The molecule has 5 nitrogen and oxygen atoms in total. The van der Waals surface area contributed by atoms with Gasteiger partial charge in [-0.1, -0.05) is 18.1 Å². The Morgan fingerprint density at radius 1 is 1.32 bits per heavy atom.